The minimum atomic E-state index is -0.0816. The number of aromatic nitrogens is 1. The molecule has 0 atom stereocenters. The lowest BCUT2D eigenvalue weighted by atomic mass is 10.1. The second-order valence-electron chi connectivity index (χ2n) is 4.79. The van der Waals surface area contributed by atoms with Gasteiger partial charge in [-0.25, -0.2) is 4.98 Å². The molecule has 0 spiro atoms. The normalized spacial score (nSPS) is 10.2. The SMILES string of the molecule is CC(=O)Nc1cccc(-c2csc(Nc3ccccc3)n2)c1. The van der Waals surface area contributed by atoms with E-state index in [1.165, 1.54) is 6.92 Å². The summed E-state index contributed by atoms with van der Waals surface area (Å²) < 4.78 is 0. The number of benzene rings is 2. The molecule has 4 nitrogen and oxygen atoms in total. The molecule has 0 aliphatic carbocycles. The summed E-state index contributed by atoms with van der Waals surface area (Å²) in [4.78, 5) is 15.7. The molecule has 1 amide bonds. The van der Waals surface area contributed by atoms with E-state index in [1.54, 1.807) is 11.3 Å². The fourth-order valence-electron chi connectivity index (χ4n) is 2.07. The molecule has 2 aromatic carbocycles. The van der Waals surface area contributed by atoms with Gasteiger partial charge in [0.05, 0.1) is 5.69 Å². The monoisotopic (exact) mass is 309 g/mol. The minimum absolute atomic E-state index is 0.0816. The summed E-state index contributed by atoms with van der Waals surface area (Å²) in [7, 11) is 0. The Labute approximate surface area is 132 Å². The Morgan fingerprint density at radius 2 is 1.82 bits per heavy atom. The molecule has 1 heterocycles. The fourth-order valence-corrected chi connectivity index (χ4v) is 2.81. The van der Waals surface area contributed by atoms with Crippen molar-refractivity contribution in [2.24, 2.45) is 0 Å². The molecule has 0 saturated heterocycles. The van der Waals surface area contributed by atoms with E-state index in [-0.39, 0.29) is 5.91 Å². The molecule has 3 rings (SSSR count). The fraction of sp³-hybridized carbons (Fsp3) is 0.0588. The van der Waals surface area contributed by atoms with Crippen molar-refractivity contribution in [1.82, 2.24) is 4.98 Å². The van der Waals surface area contributed by atoms with Crippen LogP contribution >= 0.6 is 11.3 Å². The number of para-hydroxylation sites is 1. The lowest BCUT2D eigenvalue weighted by Crippen LogP contribution is -2.05. The van der Waals surface area contributed by atoms with Crippen LogP contribution in [-0.4, -0.2) is 10.9 Å². The Balaban J connectivity index is 1.80. The molecule has 0 saturated carbocycles. The molecular formula is C17H15N3OS. The third-order valence-corrected chi connectivity index (χ3v) is 3.77. The van der Waals surface area contributed by atoms with Crippen molar-refractivity contribution in [3.8, 4) is 11.3 Å². The van der Waals surface area contributed by atoms with Crippen molar-refractivity contribution in [2.45, 2.75) is 6.92 Å². The van der Waals surface area contributed by atoms with Crippen LogP contribution in [0.1, 0.15) is 6.92 Å². The summed E-state index contributed by atoms with van der Waals surface area (Å²) in [5.74, 6) is -0.0816. The molecule has 0 aliphatic rings. The molecule has 0 radical (unpaired) electrons. The number of rotatable bonds is 4. The molecular weight excluding hydrogens is 294 g/mol. The zero-order valence-corrected chi connectivity index (χ0v) is 12.9. The van der Waals surface area contributed by atoms with Gasteiger partial charge in [-0.05, 0) is 24.3 Å². The number of carbonyl (C=O) groups is 1. The van der Waals surface area contributed by atoms with Gasteiger partial charge in [-0.3, -0.25) is 4.79 Å². The Hall–Kier alpha value is -2.66. The maximum Gasteiger partial charge on any atom is 0.221 e. The first-order valence-electron chi connectivity index (χ1n) is 6.86. The van der Waals surface area contributed by atoms with Crippen molar-refractivity contribution >= 4 is 33.8 Å². The number of anilines is 3. The van der Waals surface area contributed by atoms with Gasteiger partial charge in [-0.15, -0.1) is 11.3 Å². The van der Waals surface area contributed by atoms with Gasteiger partial charge in [-0.2, -0.15) is 0 Å². The van der Waals surface area contributed by atoms with Crippen molar-refractivity contribution in [3.63, 3.8) is 0 Å². The van der Waals surface area contributed by atoms with Gasteiger partial charge in [0, 0.05) is 29.2 Å². The van der Waals surface area contributed by atoms with Gasteiger partial charge < -0.3 is 10.6 Å². The lowest BCUT2D eigenvalue weighted by Gasteiger charge is -2.04. The van der Waals surface area contributed by atoms with Gasteiger partial charge in [0.15, 0.2) is 5.13 Å². The number of nitrogens with one attached hydrogen (secondary N) is 2. The van der Waals surface area contributed by atoms with Crippen LogP contribution in [0.4, 0.5) is 16.5 Å². The highest BCUT2D eigenvalue weighted by Crippen LogP contribution is 2.28. The highest BCUT2D eigenvalue weighted by molar-refractivity contribution is 7.14. The first kappa shape index (κ1) is 14.3. The molecule has 0 unspecified atom stereocenters. The van der Waals surface area contributed by atoms with Crippen molar-refractivity contribution in [2.75, 3.05) is 10.6 Å². The lowest BCUT2D eigenvalue weighted by molar-refractivity contribution is -0.114. The molecule has 110 valence electrons. The quantitative estimate of drug-likeness (QED) is 0.745. The van der Waals surface area contributed by atoms with E-state index in [4.69, 9.17) is 0 Å². The zero-order chi connectivity index (χ0) is 15.4. The average molecular weight is 309 g/mol. The number of nitrogens with zero attached hydrogens (tertiary/aromatic N) is 1. The Bertz CT molecular complexity index is 783. The van der Waals surface area contributed by atoms with E-state index < -0.39 is 0 Å². The first-order valence-corrected chi connectivity index (χ1v) is 7.74. The van der Waals surface area contributed by atoms with Crippen LogP contribution in [0.25, 0.3) is 11.3 Å². The number of carbonyl (C=O) groups excluding carboxylic acids is 1. The van der Waals surface area contributed by atoms with E-state index >= 15 is 0 Å². The van der Waals surface area contributed by atoms with Crippen LogP contribution < -0.4 is 10.6 Å². The topological polar surface area (TPSA) is 54.0 Å². The van der Waals surface area contributed by atoms with Crippen molar-refractivity contribution in [1.29, 1.82) is 0 Å². The zero-order valence-electron chi connectivity index (χ0n) is 12.0. The largest absolute Gasteiger partial charge is 0.332 e. The van der Waals surface area contributed by atoms with Crippen LogP contribution in [-0.2, 0) is 4.79 Å². The van der Waals surface area contributed by atoms with Crippen LogP contribution in [0.15, 0.2) is 60.0 Å². The van der Waals surface area contributed by atoms with Gasteiger partial charge in [-0.1, -0.05) is 30.3 Å². The van der Waals surface area contributed by atoms with E-state index in [0.29, 0.717) is 0 Å². The highest BCUT2D eigenvalue weighted by Gasteiger charge is 2.06. The molecule has 0 fully saturated rings. The predicted molar refractivity (Wildman–Crippen MR) is 91.6 cm³/mol. The Kier molecular flexibility index (Phi) is 4.16. The Morgan fingerprint density at radius 1 is 1.05 bits per heavy atom. The number of amides is 1. The minimum Gasteiger partial charge on any atom is -0.332 e. The molecule has 2 N–H and O–H groups in total. The van der Waals surface area contributed by atoms with E-state index in [2.05, 4.69) is 15.6 Å². The van der Waals surface area contributed by atoms with Crippen molar-refractivity contribution in [3.05, 3.63) is 60.0 Å². The highest BCUT2D eigenvalue weighted by atomic mass is 32.1. The molecule has 22 heavy (non-hydrogen) atoms. The second-order valence-corrected chi connectivity index (χ2v) is 5.65. The summed E-state index contributed by atoms with van der Waals surface area (Å²) in [6.45, 7) is 1.50. The molecule has 1 aromatic heterocycles. The van der Waals surface area contributed by atoms with E-state index in [0.717, 1.165) is 27.8 Å². The number of hydrogen-bond acceptors (Lipinski definition) is 4. The van der Waals surface area contributed by atoms with Crippen LogP contribution in [0, 0.1) is 0 Å². The third-order valence-electron chi connectivity index (χ3n) is 3.01. The third kappa shape index (κ3) is 3.51. The summed E-state index contributed by atoms with van der Waals surface area (Å²) in [6.07, 6.45) is 0. The molecule has 3 aromatic rings. The van der Waals surface area contributed by atoms with E-state index in [1.807, 2.05) is 60.0 Å². The summed E-state index contributed by atoms with van der Waals surface area (Å²) in [6, 6.07) is 17.6. The summed E-state index contributed by atoms with van der Waals surface area (Å²) in [5.41, 5.74) is 3.64. The Morgan fingerprint density at radius 3 is 2.59 bits per heavy atom. The second kappa shape index (κ2) is 6.41. The maximum atomic E-state index is 11.1. The van der Waals surface area contributed by atoms with Crippen LogP contribution in [0.5, 0.6) is 0 Å². The number of hydrogen-bond donors (Lipinski definition) is 2. The van der Waals surface area contributed by atoms with Crippen LogP contribution in [0.3, 0.4) is 0 Å². The van der Waals surface area contributed by atoms with Gasteiger partial charge in [0.25, 0.3) is 0 Å². The summed E-state index contributed by atoms with van der Waals surface area (Å²) in [5, 5.41) is 8.90. The molecule has 5 heteroatoms. The van der Waals surface area contributed by atoms with Crippen molar-refractivity contribution < 1.29 is 4.79 Å². The average Bonchev–Trinajstić information content (AvgIpc) is 2.96. The smallest absolute Gasteiger partial charge is 0.221 e. The van der Waals surface area contributed by atoms with E-state index in [9.17, 15) is 4.79 Å². The van der Waals surface area contributed by atoms with Gasteiger partial charge >= 0.3 is 0 Å². The maximum absolute atomic E-state index is 11.1. The van der Waals surface area contributed by atoms with Crippen LogP contribution in [0.2, 0.25) is 0 Å². The predicted octanol–water partition coefficient (Wildman–Crippen LogP) is 4.51. The molecule has 0 bridgehead atoms. The standard InChI is InChI=1S/C17H15N3OS/c1-12(21)18-15-9-5-6-13(10-15)16-11-22-17(20-16)19-14-7-3-2-4-8-14/h2-11H,1H3,(H,18,21)(H,19,20). The van der Waals surface area contributed by atoms with Gasteiger partial charge in [0.2, 0.25) is 5.91 Å². The number of thiazole rings is 1. The molecule has 0 aliphatic heterocycles. The van der Waals surface area contributed by atoms with Gasteiger partial charge in [0.1, 0.15) is 0 Å². The summed E-state index contributed by atoms with van der Waals surface area (Å²) >= 11 is 1.55. The first-order chi connectivity index (χ1) is 10.7.